The number of aromatic hydroxyl groups is 1. The van der Waals surface area contributed by atoms with Gasteiger partial charge in [-0.15, -0.1) is 11.3 Å². The molecule has 0 saturated carbocycles. The van der Waals surface area contributed by atoms with Crippen LogP contribution in [0.5, 0.6) is 11.5 Å². The van der Waals surface area contributed by atoms with Crippen LogP contribution >= 0.6 is 11.3 Å². The fraction of sp³-hybridized carbons (Fsp3) is 0.381. The lowest BCUT2D eigenvalue weighted by atomic mass is 9.99. The maximum absolute atomic E-state index is 12.9. The molecule has 142 valence electrons. The highest BCUT2D eigenvalue weighted by molar-refractivity contribution is 7.10. The first-order valence-electron chi connectivity index (χ1n) is 9.34. The van der Waals surface area contributed by atoms with Gasteiger partial charge >= 0.3 is 0 Å². The third-order valence-corrected chi connectivity index (χ3v) is 6.15. The molecule has 0 amide bonds. The van der Waals surface area contributed by atoms with Gasteiger partial charge in [-0.1, -0.05) is 13.0 Å². The summed E-state index contributed by atoms with van der Waals surface area (Å²) >= 11 is 1.56. The number of Topliss-reactive ketones (excluding diaryl/α,β-unsaturated/α-hetero) is 1. The highest BCUT2D eigenvalue weighted by atomic mass is 32.1. The summed E-state index contributed by atoms with van der Waals surface area (Å²) in [5, 5.41) is 12.5. The Morgan fingerprint density at radius 3 is 2.67 bits per heavy atom. The highest BCUT2D eigenvalue weighted by Gasteiger charge is 2.34. The molecule has 0 bridgehead atoms. The van der Waals surface area contributed by atoms with Crippen LogP contribution in [-0.2, 0) is 6.54 Å². The number of phenols is 1. The normalized spacial score (nSPS) is 19.5. The van der Waals surface area contributed by atoms with Crippen molar-refractivity contribution in [2.45, 2.75) is 20.4 Å². The Kier molecular flexibility index (Phi) is 5.04. The highest BCUT2D eigenvalue weighted by Crippen LogP contribution is 2.42. The number of fused-ring (bicyclic) bond motifs is 1. The third kappa shape index (κ3) is 3.52. The number of likely N-dealkylation sites (N-methyl/N-ethyl adjacent to an activating group) is 1. The van der Waals surface area contributed by atoms with Gasteiger partial charge in [-0.05, 0) is 36.5 Å². The number of rotatable bonds is 4. The van der Waals surface area contributed by atoms with E-state index in [0.717, 1.165) is 43.2 Å². The molecule has 0 aliphatic carbocycles. The summed E-state index contributed by atoms with van der Waals surface area (Å²) in [6.45, 7) is 9.61. The van der Waals surface area contributed by atoms with Crippen LogP contribution in [0.25, 0.3) is 6.08 Å². The van der Waals surface area contributed by atoms with Crippen LogP contribution in [0.2, 0.25) is 0 Å². The van der Waals surface area contributed by atoms with Gasteiger partial charge in [-0.25, -0.2) is 0 Å². The number of piperazine rings is 1. The number of allylic oxidation sites excluding steroid dienone is 1. The second kappa shape index (κ2) is 7.46. The first-order valence-corrected chi connectivity index (χ1v) is 10.2. The minimum Gasteiger partial charge on any atom is -0.507 e. The molecule has 1 fully saturated rings. The summed E-state index contributed by atoms with van der Waals surface area (Å²) in [7, 11) is 0. The monoisotopic (exact) mass is 384 g/mol. The van der Waals surface area contributed by atoms with E-state index in [1.165, 1.54) is 0 Å². The lowest BCUT2D eigenvalue weighted by molar-refractivity contribution is 0.101. The first kappa shape index (κ1) is 18.2. The fourth-order valence-electron chi connectivity index (χ4n) is 3.72. The number of ether oxygens (including phenoxy) is 1. The average Bonchev–Trinajstić information content (AvgIpc) is 3.28. The lowest BCUT2D eigenvalue weighted by Crippen LogP contribution is -2.45. The number of ketones is 1. The van der Waals surface area contributed by atoms with Crippen LogP contribution in [-0.4, -0.2) is 53.4 Å². The number of hydrogen-bond donors (Lipinski definition) is 1. The molecule has 1 aromatic heterocycles. The molecule has 1 saturated heterocycles. The predicted molar refractivity (Wildman–Crippen MR) is 107 cm³/mol. The topological polar surface area (TPSA) is 53.0 Å². The summed E-state index contributed by atoms with van der Waals surface area (Å²) in [6.07, 6.45) is 1.79. The van der Waals surface area contributed by atoms with Gasteiger partial charge in [0.15, 0.2) is 5.76 Å². The van der Waals surface area contributed by atoms with Crippen LogP contribution < -0.4 is 4.74 Å². The Hall–Kier alpha value is -2.15. The Balaban J connectivity index is 1.63. The van der Waals surface area contributed by atoms with Crippen molar-refractivity contribution in [3.05, 3.63) is 50.9 Å². The quantitative estimate of drug-likeness (QED) is 0.818. The lowest BCUT2D eigenvalue weighted by Gasteiger charge is -2.34. The Morgan fingerprint density at radius 1 is 1.26 bits per heavy atom. The zero-order valence-electron chi connectivity index (χ0n) is 15.7. The molecule has 0 radical (unpaired) electrons. The largest absolute Gasteiger partial charge is 0.507 e. The molecule has 1 aromatic carbocycles. The van der Waals surface area contributed by atoms with E-state index in [0.29, 0.717) is 29.2 Å². The number of aryl methyl sites for hydroxylation is 1. The van der Waals surface area contributed by atoms with Crippen molar-refractivity contribution in [1.29, 1.82) is 0 Å². The van der Waals surface area contributed by atoms with Crippen molar-refractivity contribution in [3.8, 4) is 11.5 Å². The number of carbonyl (C=O) groups excluding carboxylic acids is 1. The molecule has 2 aliphatic rings. The fourth-order valence-corrected chi connectivity index (χ4v) is 4.37. The standard InChI is InChI=1S/C21H24N2O3S/c1-3-22-6-8-23(9-7-22)13-16-17(24)11-14(2)19-20(25)18(26-21(16)19)12-15-5-4-10-27-15/h4-5,10-12,24H,3,6-9,13H2,1-2H3/b18-12-. The summed E-state index contributed by atoms with van der Waals surface area (Å²) < 4.78 is 5.99. The smallest absolute Gasteiger partial charge is 0.232 e. The molecule has 3 heterocycles. The minimum absolute atomic E-state index is 0.104. The van der Waals surface area contributed by atoms with Crippen LogP contribution in [0.4, 0.5) is 0 Å². The molecule has 4 rings (SSSR count). The Bertz CT molecular complexity index is 881. The number of phenolic OH excluding ortho intramolecular Hbond substituents is 1. The zero-order valence-corrected chi connectivity index (χ0v) is 16.5. The average molecular weight is 385 g/mol. The van der Waals surface area contributed by atoms with Gasteiger partial charge in [0.2, 0.25) is 5.78 Å². The van der Waals surface area contributed by atoms with Gasteiger partial charge in [0.1, 0.15) is 11.5 Å². The molecule has 6 heteroatoms. The van der Waals surface area contributed by atoms with Gasteiger partial charge in [0, 0.05) is 43.7 Å². The van der Waals surface area contributed by atoms with E-state index in [4.69, 9.17) is 4.74 Å². The van der Waals surface area contributed by atoms with Crippen molar-refractivity contribution in [2.75, 3.05) is 32.7 Å². The van der Waals surface area contributed by atoms with Crippen LogP contribution in [0.3, 0.4) is 0 Å². The van der Waals surface area contributed by atoms with Crippen molar-refractivity contribution < 1.29 is 14.6 Å². The molecule has 0 unspecified atom stereocenters. The van der Waals surface area contributed by atoms with Gasteiger partial charge in [-0.3, -0.25) is 9.69 Å². The number of thiophene rings is 1. The van der Waals surface area contributed by atoms with E-state index in [-0.39, 0.29) is 11.5 Å². The van der Waals surface area contributed by atoms with Crippen LogP contribution in [0.1, 0.15) is 33.3 Å². The molecule has 5 nitrogen and oxygen atoms in total. The van der Waals surface area contributed by atoms with Crippen molar-refractivity contribution >= 4 is 23.2 Å². The van der Waals surface area contributed by atoms with Crippen molar-refractivity contribution in [3.63, 3.8) is 0 Å². The maximum atomic E-state index is 12.9. The summed E-state index contributed by atoms with van der Waals surface area (Å²) in [5.41, 5.74) is 2.04. The number of hydrogen-bond acceptors (Lipinski definition) is 6. The summed E-state index contributed by atoms with van der Waals surface area (Å²) in [6, 6.07) is 5.59. The summed E-state index contributed by atoms with van der Waals surface area (Å²) in [5.74, 6) is 0.957. The van der Waals surface area contributed by atoms with Crippen LogP contribution in [0, 0.1) is 6.92 Å². The minimum atomic E-state index is -0.104. The molecular formula is C21H24N2O3S. The molecule has 2 aliphatic heterocycles. The van der Waals surface area contributed by atoms with Crippen LogP contribution in [0.15, 0.2) is 29.3 Å². The molecule has 0 atom stereocenters. The number of carbonyl (C=O) groups is 1. The van der Waals surface area contributed by atoms with E-state index in [9.17, 15) is 9.90 Å². The van der Waals surface area contributed by atoms with Gasteiger partial charge in [-0.2, -0.15) is 0 Å². The third-order valence-electron chi connectivity index (χ3n) is 5.33. The van der Waals surface area contributed by atoms with E-state index in [2.05, 4.69) is 16.7 Å². The number of nitrogens with zero attached hydrogens (tertiary/aromatic N) is 2. The molecule has 1 N–H and O–H groups in total. The maximum Gasteiger partial charge on any atom is 0.232 e. The predicted octanol–water partition coefficient (Wildman–Crippen LogP) is 3.52. The Morgan fingerprint density at radius 2 is 2.00 bits per heavy atom. The van der Waals surface area contributed by atoms with Gasteiger partial charge in [0.05, 0.1) is 11.1 Å². The molecule has 27 heavy (non-hydrogen) atoms. The molecule has 0 spiro atoms. The van der Waals surface area contributed by atoms with Crippen molar-refractivity contribution in [1.82, 2.24) is 9.80 Å². The van der Waals surface area contributed by atoms with Gasteiger partial charge < -0.3 is 14.7 Å². The van der Waals surface area contributed by atoms with E-state index in [1.54, 1.807) is 23.5 Å². The van der Waals surface area contributed by atoms with E-state index < -0.39 is 0 Å². The van der Waals surface area contributed by atoms with E-state index >= 15 is 0 Å². The molecule has 2 aromatic rings. The zero-order chi connectivity index (χ0) is 19.0. The number of benzene rings is 1. The SMILES string of the molecule is CCN1CCN(Cc2c(O)cc(C)c3c2O/C(=C\c2cccs2)C3=O)CC1. The summed E-state index contributed by atoms with van der Waals surface area (Å²) in [4.78, 5) is 18.6. The Labute approximate surface area is 163 Å². The first-order chi connectivity index (χ1) is 13.1. The molecular weight excluding hydrogens is 360 g/mol. The second-order valence-corrected chi connectivity index (χ2v) is 8.04. The van der Waals surface area contributed by atoms with E-state index in [1.807, 2.05) is 24.4 Å². The van der Waals surface area contributed by atoms with Gasteiger partial charge in [0.25, 0.3) is 0 Å². The second-order valence-electron chi connectivity index (χ2n) is 7.06. The van der Waals surface area contributed by atoms with Crippen molar-refractivity contribution in [2.24, 2.45) is 0 Å².